The van der Waals surface area contributed by atoms with Crippen molar-refractivity contribution in [2.24, 2.45) is 4.99 Å². The SMILES string of the molecule is C1=Cc2ccccc2CC1.C1=NCCS1.c1cscn1. The van der Waals surface area contributed by atoms with E-state index in [0.717, 1.165) is 6.54 Å². The third-order valence-electron chi connectivity index (χ3n) is 2.77. The Bertz CT molecular complexity index is 510. The highest BCUT2D eigenvalue weighted by Crippen LogP contribution is 2.17. The van der Waals surface area contributed by atoms with Crippen molar-refractivity contribution in [3.63, 3.8) is 0 Å². The molecule has 0 amide bonds. The van der Waals surface area contributed by atoms with Gasteiger partial charge in [0.1, 0.15) is 0 Å². The molecule has 20 heavy (non-hydrogen) atoms. The molecular formula is C16H18N2S2. The second-order valence-electron chi connectivity index (χ2n) is 4.20. The smallest absolute Gasteiger partial charge is 0.0791 e. The van der Waals surface area contributed by atoms with Gasteiger partial charge in [-0.2, -0.15) is 0 Å². The van der Waals surface area contributed by atoms with Crippen LogP contribution in [0.25, 0.3) is 6.08 Å². The van der Waals surface area contributed by atoms with Gasteiger partial charge in [0.2, 0.25) is 0 Å². The first-order valence-corrected chi connectivity index (χ1v) is 8.62. The van der Waals surface area contributed by atoms with Gasteiger partial charge in [-0.25, -0.2) is 0 Å². The van der Waals surface area contributed by atoms with Gasteiger partial charge in [-0.15, -0.1) is 23.1 Å². The zero-order chi connectivity index (χ0) is 13.9. The molecule has 0 spiro atoms. The predicted molar refractivity (Wildman–Crippen MR) is 91.7 cm³/mol. The van der Waals surface area contributed by atoms with Crippen LogP contribution in [0.4, 0.5) is 0 Å². The Hall–Kier alpha value is -1.39. The average Bonchev–Trinajstić information content (AvgIpc) is 3.25. The summed E-state index contributed by atoms with van der Waals surface area (Å²) in [5.41, 5.74) is 6.58. The lowest BCUT2D eigenvalue weighted by Gasteiger charge is -2.07. The van der Waals surface area contributed by atoms with Crippen LogP contribution >= 0.6 is 23.1 Å². The number of fused-ring (bicyclic) bond motifs is 1. The fourth-order valence-electron chi connectivity index (χ4n) is 1.81. The van der Waals surface area contributed by atoms with Gasteiger partial charge in [-0.3, -0.25) is 9.98 Å². The number of hydrogen-bond acceptors (Lipinski definition) is 4. The van der Waals surface area contributed by atoms with Crippen LogP contribution in [-0.2, 0) is 6.42 Å². The molecule has 104 valence electrons. The summed E-state index contributed by atoms with van der Waals surface area (Å²) < 4.78 is 0. The maximum atomic E-state index is 3.92. The fraction of sp³-hybridized carbons (Fsp3) is 0.250. The third-order valence-corrected chi connectivity index (χ3v) is 4.01. The van der Waals surface area contributed by atoms with Crippen molar-refractivity contribution in [2.75, 3.05) is 12.3 Å². The Kier molecular flexibility index (Phi) is 7.13. The highest BCUT2D eigenvalue weighted by atomic mass is 32.2. The summed E-state index contributed by atoms with van der Waals surface area (Å²) in [4.78, 5) is 7.66. The molecule has 1 aromatic heterocycles. The molecule has 0 bridgehead atoms. The Morgan fingerprint density at radius 2 is 2.10 bits per heavy atom. The number of allylic oxidation sites excluding steroid dienone is 1. The normalized spacial score (nSPS) is 14.6. The second-order valence-corrected chi connectivity index (χ2v) is 5.91. The van der Waals surface area contributed by atoms with Crippen LogP contribution in [0, 0.1) is 0 Å². The maximum Gasteiger partial charge on any atom is 0.0791 e. The molecule has 2 nitrogen and oxygen atoms in total. The molecule has 0 fully saturated rings. The monoisotopic (exact) mass is 302 g/mol. The van der Waals surface area contributed by atoms with Crippen molar-refractivity contribution in [1.29, 1.82) is 0 Å². The Morgan fingerprint density at radius 3 is 2.65 bits per heavy atom. The number of hydrogen-bond donors (Lipinski definition) is 0. The first-order chi connectivity index (χ1) is 9.97. The number of benzene rings is 1. The number of nitrogens with zero attached hydrogens (tertiary/aromatic N) is 2. The molecule has 1 aliphatic heterocycles. The lowest BCUT2D eigenvalue weighted by atomic mass is 9.98. The second kappa shape index (κ2) is 9.50. The van der Waals surface area contributed by atoms with Gasteiger partial charge in [-0.05, 0) is 24.0 Å². The van der Waals surface area contributed by atoms with Crippen LogP contribution in [-0.4, -0.2) is 22.8 Å². The van der Waals surface area contributed by atoms with Crippen molar-refractivity contribution < 1.29 is 0 Å². The Morgan fingerprint density at radius 1 is 1.15 bits per heavy atom. The third kappa shape index (κ3) is 5.72. The van der Waals surface area contributed by atoms with Crippen LogP contribution in [0.3, 0.4) is 0 Å². The van der Waals surface area contributed by atoms with Crippen molar-refractivity contribution in [1.82, 2.24) is 4.98 Å². The van der Waals surface area contributed by atoms with E-state index >= 15 is 0 Å². The molecule has 1 aromatic carbocycles. The highest BCUT2D eigenvalue weighted by Gasteiger charge is 2.00. The van der Waals surface area contributed by atoms with Crippen LogP contribution in [0.2, 0.25) is 0 Å². The molecule has 0 N–H and O–H groups in total. The molecule has 0 atom stereocenters. The lowest BCUT2D eigenvalue weighted by Crippen LogP contribution is -1.91. The number of aryl methyl sites for hydroxylation is 1. The first kappa shape index (κ1) is 15.0. The predicted octanol–water partition coefficient (Wildman–Crippen LogP) is 4.55. The summed E-state index contributed by atoms with van der Waals surface area (Å²) in [6, 6.07) is 8.58. The average molecular weight is 302 g/mol. The van der Waals surface area contributed by atoms with Crippen molar-refractivity contribution in [2.45, 2.75) is 12.8 Å². The minimum atomic E-state index is 1.03. The van der Waals surface area contributed by atoms with E-state index in [1.807, 2.05) is 10.9 Å². The number of rotatable bonds is 0. The van der Waals surface area contributed by atoms with E-state index in [0.29, 0.717) is 0 Å². The van der Waals surface area contributed by atoms with Gasteiger partial charge in [0.15, 0.2) is 0 Å². The zero-order valence-corrected chi connectivity index (χ0v) is 12.9. The van der Waals surface area contributed by atoms with E-state index in [2.05, 4.69) is 46.4 Å². The quantitative estimate of drug-likeness (QED) is 0.713. The fourth-order valence-corrected chi connectivity index (χ4v) is 2.69. The van der Waals surface area contributed by atoms with Gasteiger partial charge in [0.05, 0.1) is 11.1 Å². The van der Waals surface area contributed by atoms with Crippen molar-refractivity contribution >= 4 is 34.7 Å². The molecular weight excluding hydrogens is 284 g/mol. The molecule has 0 saturated carbocycles. The van der Waals surface area contributed by atoms with Crippen LogP contribution in [0.1, 0.15) is 17.5 Å². The van der Waals surface area contributed by atoms with Gasteiger partial charge in [0, 0.05) is 23.9 Å². The molecule has 4 rings (SSSR count). The summed E-state index contributed by atoms with van der Waals surface area (Å²) in [5, 5.41) is 1.93. The Labute approximate surface area is 128 Å². The molecule has 0 unspecified atom stereocenters. The number of aromatic nitrogens is 1. The van der Waals surface area contributed by atoms with Crippen LogP contribution in [0.15, 0.2) is 52.4 Å². The van der Waals surface area contributed by atoms with E-state index in [1.54, 1.807) is 34.8 Å². The van der Waals surface area contributed by atoms with E-state index in [-0.39, 0.29) is 0 Å². The van der Waals surface area contributed by atoms with E-state index in [1.165, 1.54) is 29.7 Å². The molecule has 2 aromatic rings. The van der Waals surface area contributed by atoms with Crippen molar-refractivity contribution in [3.05, 3.63) is 58.6 Å². The van der Waals surface area contributed by atoms with Crippen LogP contribution < -0.4 is 0 Å². The van der Waals surface area contributed by atoms with Gasteiger partial charge >= 0.3 is 0 Å². The van der Waals surface area contributed by atoms with E-state index < -0.39 is 0 Å². The zero-order valence-electron chi connectivity index (χ0n) is 11.3. The molecule has 0 saturated heterocycles. The summed E-state index contributed by atoms with van der Waals surface area (Å²) >= 11 is 3.38. The molecule has 4 heteroatoms. The van der Waals surface area contributed by atoms with Crippen LogP contribution in [0.5, 0.6) is 0 Å². The first-order valence-electron chi connectivity index (χ1n) is 6.63. The lowest BCUT2D eigenvalue weighted by molar-refractivity contribution is 0.986. The number of thioether (sulfide) groups is 1. The van der Waals surface area contributed by atoms with Gasteiger partial charge < -0.3 is 0 Å². The summed E-state index contributed by atoms with van der Waals surface area (Å²) in [6.45, 7) is 1.03. The standard InChI is InChI=1S/C10H10.C3H5NS.C3H3NS/c1-2-6-10-8-4-3-7-9(10)5-1;2*1-2-5-3-4-1/h1-3,5-7H,4,8H2;3H,1-2H2;1-3H. The van der Waals surface area contributed by atoms with Gasteiger partial charge in [-0.1, -0.05) is 36.4 Å². The molecule has 2 aliphatic rings. The van der Waals surface area contributed by atoms with Crippen molar-refractivity contribution in [3.8, 4) is 0 Å². The summed E-state index contributed by atoms with van der Waals surface area (Å²) in [7, 11) is 0. The van der Waals surface area contributed by atoms with Gasteiger partial charge in [0.25, 0.3) is 0 Å². The largest absolute Gasteiger partial charge is 0.285 e. The molecule has 2 heterocycles. The number of thiazole rings is 1. The summed E-state index contributed by atoms with van der Waals surface area (Å²) in [5.74, 6) is 1.19. The number of aliphatic imine (C=N–C) groups is 1. The summed E-state index contributed by atoms with van der Waals surface area (Å²) in [6.07, 6.45) is 8.63. The van der Waals surface area contributed by atoms with E-state index in [9.17, 15) is 0 Å². The maximum absolute atomic E-state index is 3.92. The Balaban J connectivity index is 0.000000124. The topological polar surface area (TPSA) is 25.2 Å². The minimum Gasteiger partial charge on any atom is -0.285 e. The molecule has 0 radical (unpaired) electrons. The molecule has 1 aliphatic carbocycles. The minimum absolute atomic E-state index is 1.03. The highest BCUT2D eigenvalue weighted by molar-refractivity contribution is 8.12. The van der Waals surface area contributed by atoms with E-state index in [4.69, 9.17) is 0 Å².